The Balaban J connectivity index is 0.000000261. The molecule has 2 saturated carbocycles. The van der Waals surface area contributed by atoms with Crippen molar-refractivity contribution < 1.29 is 38.1 Å². The molecule has 1 aromatic carbocycles. The summed E-state index contributed by atoms with van der Waals surface area (Å²) < 4.78 is 11.1. The fraction of sp³-hybridized carbons (Fsp3) is 0.628. The van der Waals surface area contributed by atoms with Gasteiger partial charge in [-0.25, -0.2) is 20.9 Å². The van der Waals surface area contributed by atoms with Crippen molar-refractivity contribution in [3.8, 4) is 0 Å². The Hall–Kier alpha value is -4.56. The molecular formula is C43H64N6O8. The number of hydrogen-bond donors (Lipinski definition) is 3. The fourth-order valence-corrected chi connectivity index (χ4v) is 7.80. The van der Waals surface area contributed by atoms with Gasteiger partial charge in [-0.3, -0.25) is 29.2 Å². The maximum Gasteiger partial charge on any atom is 0.275 e. The third-order valence-electron chi connectivity index (χ3n) is 11.0. The minimum atomic E-state index is -0.471. The molecule has 2 atom stereocenters. The Morgan fingerprint density at radius 1 is 0.719 bits per heavy atom. The van der Waals surface area contributed by atoms with E-state index in [0.29, 0.717) is 18.4 Å². The summed E-state index contributed by atoms with van der Waals surface area (Å²) in [4.78, 5) is 65.3. The van der Waals surface area contributed by atoms with E-state index in [0.717, 1.165) is 55.9 Å². The minimum absolute atomic E-state index is 0.0945. The number of benzene rings is 1. The van der Waals surface area contributed by atoms with Crippen LogP contribution in [0.1, 0.15) is 166 Å². The van der Waals surface area contributed by atoms with E-state index in [-0.39, 0.29) is 53.8 Å². The lowest BCUT2D eigenvalue weighted by Crippen LogP contribution is -2.25. The molecule has 314 valence electrons. The van der Waals surface area contributed by atoms with Crippen LogP contribution in [0.25, 0.3) is 0 Å². The maximum atomic E-state index is 12.6. The van der Waals surface area contributed by atoms with Crippen LogP contribution in [0.2, 0.25) is 0 Å². The number of aromatic nitrogens is 2. The number of nitrogens with zero attached hydrogens (tertiary/aromatic N) is 4. The van der Waals surface area contributed by atoms with E-state index in [1.54, 1.807) is 33.7 Å². The second-order valence-electron chi connectivity index (χ2n) is 16.0. The molecule has 0 saturated heterocycles. The Morgan fingerprint density at radius 2 is 1.18 bits per heavy atom. The number of hydroxylamine groups is 2. The first-order valence-electron chi connectivity index (χ1n) is 20.8. The molecule has 0 radical (unpaired) electrons. The standard InChI is InChI=1S/C25H35N3O4.C18H29N3O4/c1-28(2)25(30)22-18-31-24(26-22)21(15-9-14-19-10-5-3-6-11-19)16-23(29)27-32-17-20-12-7-4-8-13-20;1-21(2)18(23)15-12-25-17(19-15)14(11-16(22)20-24)10-6-9-13-7-4-3-5-8-13/h4,7-8,12-13,18-19,21H,3,5-6,9-11,14-17H2,1-2H3,(H,27,29);12-14,24H,3-11H2,1-2H3,(H,20,22)/t21-;14-/m11/s1. The van der Waals surface area contributed by atoms with Gasteiger partial charge in [-0.15, -0.1) is 0 Å². The third kappa shape index (κ3) is 15.7. The van der Waals surface area contributed by atoms with Gasteiger partial charge in [0.25, 0.3) is 11.8 Å². The van der Waals surface area contributed by atoms with E-state index in [1.807, 2.05) is 30.3 Å². The smallest absolute Gasteiger partial charge is 0.275 e. The van der Waals surface area contributed by atoms with Crippen molar-refractivity contribution in [2.75, 3.05) is 28.2 Å². The van der Waals surface area contributed by atoms with Crippen LogP contribution in [0, 0.1) is 11.8 Å². The summed E-state index contributed by atoms with van der Waals surface area (Å²) in [5.41, 5.74) is 5.69. The van der Waals surface area contributed by atoms with Crippen LogP contribution in [0.3, 0.4) is 0 Å². The Labute approximate surface area is 337 Å². The molecular weight excluding hydrogens is 729 g/mol. The van der Waals surface area contributed by atoms with Crippen molar-refractivity contribution in [3.05, 3.63) is 71.6 Å². The molecule has 3 aromatic rings. The summed E-state index contributed by atoms with van der Waals surface area (Å²) in [7, 11) is 6.65. The predicted octanol–water partition coefficient (Wildman–Crippen LogP) is 7.95. The van der Waals surface area contributed by atoms with Crippen molar-refractivity contribution in [3.63, 3.8) is 0 Å². The van der Waals surface area contributed by atoms with Crippen molar-refractivity contribution in [1.29, 1.82) is 0 Å². The summed E-state index contributed by atoms with van der Waals surface area (Å²) in [6, 6.07) is 9.67. The normalized spacial score (nSPS) is 15.8. The van der Waals surface area contributed by atoms with Gasteiger partial charge >= 0.3 is 0 Å². The SMILES string of the molecule is CN(C)C(=O)c1coc([C@H](CCCC2CCCCC2)CC(=O)NO)n1.CN(C)C(=O)c1coc([C@H](CCCC2CCCCC2)CC(=O)NOCc2ccccc2)n1. The first-order chi connectivity index (χ1) is 27.5. The highest BCUT2D eigenvalue weighted by Crippen LogP contribution is 2.33. The Morgan fingerprint density at radius 3 is 1.61 bits per heavy atom. The molecule has 4 amide bonds. The van der Waals surface area contributed by atoms with Gasteiger partial charge in [0.2, 0.25) is 11.8 Å². The van der Waals surface area contributed by atoms with Gasteiger partial charge in [0, 0.05) is 52.9 Å². The molecule has 14 nitrogen and oxygen atoms in total. The van der Waals surface area contributed by atoms with Crippen LogP contribution in [0.5, 0.6) is 0 Å². The molecule has 2 aliphatic rings. The Bertz CT molecular complexity index is 1650. The molecule has 2 aromatic heterocycles. The summed E-state index contributed by atoms with van der Waals surface area (Å²) in [6.07, 6.45) is 22.0. The van der Waals surface area contributed by atoms with E-state index in [4.69, 9.17) is 18.9 Å². The highest BCUT2D eigenvalue weighted by Gasteiger charge is 2.26. The molecule has 3 N–H and O–H groups in total. The zero-order chi connectivity index (χ0) is 41.0. The van der Waals surface area contributed by atoms with Crippen LogP contribution >= 0.6 is 0 Å². The van der Waals surface area contributed by atoms with Gasteiger partial charge in [0.1, 0.15) is 12.5 Å². The van der Waals surface area contributed by atoms with Gasteiger partial charge in [-0.1, -0.05) is 120 Å². The minimum Gasteiger partial charge on any atom is -0.448 e. The van der Waals surface area contributed by atoms with Crippen molar-refractivity contribution in [1.82, 2.24) is 30.7 Å². The number of amides is 4. The molecule has 14 heteroatoms. The lowest BCUT2D eigenvalue weighted by atomic mass is 9.84. The summed E-state index contributed by atoms with van der Waals surface area (Å²) in [5.74, 6) is 0.818. The van der Waals surface area contributed by atoms with E-state index < -0.39 is 5.91 Å². The van der Waals surface area contributed by atoms with Gasteiger partial charge in [0.05, 0.1) is 6.61 Å². The number of hydrogen-bond acceptors (Lipinski definition) is 10. The quantitative estimate of drug-likeness (QED) is 0.0796. The lowest BCUT2D eigenvalue weighted by molar-refractivity contribution is -0.135. The lowest BCUT2D eigenvalue weighted by Gasteiger charge is -2.22. The highest BCUT2D eigenvalue weighted by atomic mass is 16.6. The van der Waals surface area contributed by atoms with Crippen molar-refractivity contribution in [2.45, 2.75) is 134 Å². The van der Waals surface area contributed by atoms with E-state index in [9.17, 15) is 19.2 Å². The van der Waals surface area contributed by atoms with Crippen LogP contribution in [0.15, 0.2) is 51.7 Å². The summed E-state index contributed by atoms with van der Waals surface area (Å²) in [6.45, 7) is 0.305. The van der Waals surface area contributed by atoms with Crippen LogP contribution in [0.4, 0.5) is 0 Å². The van der Waals surface area contributed by atoms with Gasteiger partial charge in [-0.05, 0) is 30.2 Å². The average Bonchev–Trinajstić information content (AvgIpc) is 3.92. The zero-order valence-electron chi connectivity index (χ0n) is 34.4. The molecule has 2 aliphatic carbocycles. The van der Waals surface area contributed by atoms with Crippen molar-refractivity contribution >= 4 is 23.6 Å². The number of rotatable bonds is 19. The van der Waals surface area contributed by atoms with Crippen LogP contribution in [-0.2, 0) is 21.0 Å². The second-order valence-corrected chi connectivity index (χ2v) is 16.0. The number of nitrogens with one attached hydrogen (secondary N) is 2. The zero-order valence-corrected chi connectivity index (χ0v) is 34.4. The first kappa shape index (κ1) is 45.1. The number of carbonyl (C=O) groups excluding carboxylic acids is 4. The molecule has 2 fully saturated rings. The maximum absolute atomic E-state index is 12.6. The number of carbonyl (C=O) groups is 4. The van der Waals surface area contributed by atoms with Crippen molar-refractivity contribution in [2.24, 2.45) is 11.8 Å². The van der Waals surface area contributed by atoms with Gasteiger partial charge in [0.15, 0.2) is 23.2 Å². The number of oxazole rings is 2. The third-order valence-corrected chi connectivity index (χ3v) is 11.0. The predicted molar refractivity (Wildman–Crippen MR) is 214 cm³/mol. The molecule has 0 spiro atoms. The molecule has 2 heterocycles. The summed E-state index contributed by atoms with van der Waals surface area (Å²) >= 11 is 0. The van der Waals surface area contributed by atoms with Crippen LogP contribution in [-0.4, -0.2) is 76.8 Å². The van der Waals surface area contributed by atoms with E-state index >= 15 is 0 Å². The first-order valence-corrected chi connectivity index (χ1v) is 20.8. The van der Waals surface area contributed by atoms with Crippen LogP contribution < -0.4 is 11.0 Å². The van der Waals surface area contributed by atoms with Gasteiger partial charge < -0.3 is 18.6 Å². The highest BCUT2D eigenvalue weighted by molar-refractivity contribution is 5.92. The van der Waals surface area contributed by atoms with E-state index in [2.05, 4.69) is 15.4 Å². The topological polar surface area (TPSA) is 180 Å². The van der Waals surface area contributed by atoms with E-state index in [1.165, 1.54) is 86.5 Å². The molecule has 0 aliphatic heterocycles. The average molecular weight is 793 g/mol. The molecule has 0 unspecified atom stereocenters. The monoisotopic (exact) mass is 792 g/mol. The summed E-state index contributed by atoms with van der Waals surface area (Å²) in [5, 5.41) is 8.81. The fourth-order valence-electron chi connectivity index (χ4n) is 7.80. The molecule has 5 rings (SSSR count). The molecule has 0 bridgehead atoms. The largest absolute Gasteiger partial charge is 0.448 e. The Kier molecular flexibility index (Phi) is 19.2. The molecule has 57 heavy (non-hydrogen) atoms. The van der Waals surface area contributed by atoms with Gasteiger partial charge in [-0.2, -0.15) is 0 Å². The second kappa shape index (κ2) is 24.3.